The van der Waals surface area contributed by atoms with Crippen LogP contribution in [0.1, 0.15) is 10.4 Å². The molecule has 0 atom stereocenters. The first-order valence-electron chi connectivity index (χ1n) is 4.95. The molecule has 1 N–H and O–H groups in total. The Balaban J connectivity index is 2.96. The summed E-state index contributed by atoms with van der Waals surface area (Å²) in [7, 11) is 0. The van der Waals surface area contributed by atoms with Crippen molar-refractivity contribution in [1.82, 2.24) is 0 Å². The summed E-state index contributed by atoms with van der Waals surface area (Å²) >= 11 is 0. The van der Waals surface area contributed by atoms with E-state index < -0.39 is 46.8 Å². The Morgan fingerprint density at radius 3 is 2.50 bits per heavy atom. The lowest BCUT2D eigenvalue weighted by Gasteiger charge is -2.15. The predicted octanol–water partition coefficient (Wildman–Crippen LogP) is 2.57. The highest BCUT2D eigenvalue weighted by atomic mass is 19.3. The van der Waals surface area contributed by atoms with Gasteiger partial charge in [-0.25, -0.2) is 13.6 Å². The molecule has 0 saturated heterocycles. The van der Waals surface area contributed by atoms with Crippen LogP contribution in [-0.4, -0.2) is 35.0 Å². The average Bonchev–Trinajstić information content (AvgIpc) is 2.35. The number of aromatic carboxylic acids is 1. The lowest BCUT2D eigenvalue weighted by Crippen LogP contribution is -2.33. The van der Waals surface area contributed by atoms with E-state index in [1.807, 2.05) is 0 Å². The smallest absolute Gasteiger partial charge is 0.342 e. The van der Waals surface area contributed by atoms with Crippen LogP contribution in [0.3, 0.4) is 0 Å². The van der Waals surface area contributed by atoms with E-state index in [0.29, 0.717) is 6.07 Å². The van der Waals surface area contributed by atoms with Gasteiger partial charge < -0.3 is 9.84 Å². The Hall–Kier alpha value is -2.39. The van der Waals surface area contributed by atoms with Gasteiger partial charge in [-0.15, -0.1) is 0 Å². The van der Waals surface area contributed by atoms with Crippen LogP contribution in [0.15, 0.2) is 18.2 Å². The van der Waals surface area contributed by atoms with E-state index in [0.717, 1.165) is 12.1 Å². The molecular formula is C10H7F4NO5. The third kappa shape index (κ3) is 3.56. The number of nitro benzene ring substituents is 1. The van der Waals surface area contributed by atoms with Gasteiger partial charge in [-0.05, 0) is 12.1 Å². The highest BCUT2D eigenvalue weighted by Gasteiger charge is 2.41. The molecule has 0 heterocycles. The normalized spacial score (nSPS) is 11.4. The van der Waals surface area contributed by atoms with Crippen LogP contribution in [0.2, 0.25) is 0 Å². The molecule has 1 aromatic rings. The first-order valence-corrected chi connectivity index (χ1v) is 4.95. The van der Waals surface area contributed by atoms with E-state index >= 15 is 0 Å². The maximum Gasteiger partial charge on any atom is 0.342 e. The summed E-state index contributed by atoms with van der Waals surface area (Å²) in [5, 5.41) is 19.3. The van der Waals surface area contributed by atoms with Crippen molar-refractivity contribution in [3.05, 3.63) is 33.9 Å². The van der Waals surface area contributed by atoms with Gasteiger partial charge in [0.25, 0.3) is 5.69 Å². The molecule has 0 unspecified atom stereocenters. The summed E-state index contributed by atoms with van der Waals surface area (Å²) in [6.07, 6.45) is -3.95. The van der Waals surface area contributed by atoms with Gasteiger partial charge in [0.15, 0.2) is 6.61 Å². The van der Waals surface area contributed by atoms with Crippen molar-refractivity contribution in [1.29, 1.82) is 0 Å². The number of alkyl halides is 4. The van der Waals surface area contributed by atoms with Gasteiger partial charge in [0.05, 0.1) is 11.0 Å². The number of carboxylic acids is 1. The van der Waals surface area contributed by atoms with Crippen LogP contribution in [0.4, 0.5) is 23.2 Å². The molecule has 0 radical (unpaired) electrons. The van der Waals surface area contributed by atoms with E-state index in [4.69, 9.17) is 5.11 Å². The summed E-state index contributed by atoms with van der Waals surface area (Å²) in [5.74, 6) is -6.52. The number of rotatable bonds is 6. The van der Waals surface area contributed by atoms with Gasteiger partial charge in [0.1, 0.15) is 11.3 Å². The summed E-state index contributed by atoms with van der Waals surface area (Å²) in [6, 6.07) is 2.19. The summed E-state index contributed by atoms with van der Waals surface area (Å²) in [4.78, 5) is 20.2. The maximum absolute atomic E-state index is 12.6. The zero-order valence-corrected chi connectivity index (χ0v) is 9.56. The van der Waals surface area contributed by atoms with Crippen molar-refractivity contribution in [2.24, 2.45) is 0 Å². The number of hydrogen-bond donors (Lipinski definition) is 1. The molecule has 1 aromatic carbocycles. The highest BCUT2D eigenvalue weighted by molar-refractivity contribution is 5.92. The van der Waals surface area contributed by atoms with Crippen LogP contribution >= 0.6 is 0 Å². The monoisotopic (exact) mass is 297 g/mol. The van der Waals surface area contributed by atoms with Gasteiger partial charge >= 0.3 is 18.3 Å². The van der Waals surface area contributed by atoms with E-state index in [1.54, 1.807) is 0 Å². The molecule has 0 amide bonds. The number of halogens is 4. The molecule has 1 rings (SSSR count). The van der Waals surface area contributed by atoms with E-state index in [-0.39, 0.29) is 0 Å². The third-order valence-electron chi connectivity index (χ3n) is 2.15. The molecular weight excluding hydrogens is 290 g/mol. The Labute approximate surface area is 108 Å². The number of carboxylic acid groups (broad SMARTS) is 1. The fourth-order valence-electron chi connectivity index (χ4n) is 1.18. The van der Waals surface area contributed by atoms with Gasteiger partial charge in [0.2, 0.25) is 0 Å². The zero-order chi connectivity index (χ0) is 15.5. The Bertz CT molecular complexity index is 534. The lowest BCUT2D eigenvalue weighted by atomic mass is 10.2. The standard InChI is InChI=1S/C10H7F4NO5/c11-9(12)10(13,14)4-20-5-1-2-6(8(16)17)7(3-5)15(18)19/h1-3,9H,4H2,(H,16,17). The largest absolute Gasteiger partial charge is 0.487 e. The lowest BCUT2D eigenvalue weighted by molar-refractivity contribution is -0.385. The number of hydrogen-bond acceptors (Lipinski definition) is 4. The topological polar surface area (TPSA) is 89.7 Å². The number of benzene rings is 1. The Morgan fingerprint density at radius 1 is 1.45 bits per heavy atom. The van der Waals surface area contributed by atoms with Crippen molar-refractivity contribution in [2.75, 3.05) is 6.61 Å². The predicted molar refractivity (Wildman–Crippen MR) is 56.5 cm³/mol. The van der Waals surface area contributed by atoms with Crippen LogP contribution in [0, 0.1) is 10.1 Å². The Morgan fingerprint density at radius 2 is 2.05 bits per heavy atom. The molecule has 0 aliphatic heterocycles. The van der Waals surface area contributed by atoms with Gasteiger partial charge in [0, 0.05) is 0 Å². The van der Waals surface area contributed by atoms with Gasteiger partial charge in [-0.2, -0.15) is 8.78 Å². The minimum Gasteiger partial charge on any atom is -0.487 e. The van der Waals surface area contributed by atoms with Crippen molar-refractivity contribution in [3.8, 4) is 5.75 Å². The van der Waals surface area contributed by atoms with Crippen LogP contribution < -0.4 is 4.74 Å². The van der Waals surface area contributed by atoms with Crippen molar-refractivity contribution in [3.63, 3.8) is 0 Å². The molecule has 6 nitrogen and oxygen atoms in total. The average molecular weight is 297 g/mol. The quantitative estimate of drug-likeness (QED) is 0.495. The van der Waals surface area contributed by atoms with Crippen molar-refractivity contribution in [2.45, 2.75) is 12.3 Å². The molecule has 0 spiro atoms. The minimum atomic E-state index is -4.42. The molecule has 0 aliphatic rings. The number of nitro groups is 1. The number of ether oxygens (including phenoxy) is 1. The second kappa shape index (κ2) is 5.72. The number of carbonyl (C=O) groups is 1. The van der Waals surface area contributed by atoms with E-state index in [1.165, 1.54) is 0 Å². The molecule has 110 valence electrons. The highest BCUT2D eigenvalue weighted by Crippen LogP contribution is 2.28. The van der Waals surface area contributed by atoms with E-state index in [2.05, 4.69) is 4.74 Å². The van der Waals surface area contributed by atoms with Gasteiger partial charge in [-0.3, -0.25) is 10.1 Å². The Kier molecular flexibility index (Phi) is 4.48. The van der Waals surface area contributed by atoms with Crippen molar-refractivity contribution < 1.29 is 37.1 Å². The summed E-state index contributed by atoms with van der Waals surface area (Å²) in [6.45, 7) is -1.69. The maximum atomic E-state index is 12.6. The SMILES string of the molecule is O=C(O)c1ccc(OCC(F)(F)C(F)F)cc1[N+](=O)[O-]. The minimum absolute atomic E-state index is 0.512. The molecule has 0 aromatic heterocycles. The summed E-state index contributed by atoms with van der Waals surface area (Å²) < 4.78 is 53.3. The van der Waals surface area contributed by atoms with Crippen LogP contribution in [0.5, 0.6) is 5.75 Å². The zero-order valence-electron chi connectivity index (χ0n) is 9.56. The second-order valence-electron chi connectivity index (χ2n) is 3.59. The molecule has 10 heteroatoms. The molecule has 0 saturated carbocycles. The molecule has 0 aliphatic carbocycles. The first-order chi connectivity index (χ1) is 9.15. The molecule has 0 bridgehead atoms. The second-order valence-corrected chi connectivity index (χ2v) is 3.59. The van der Waals surface area contributed by atoms with Crippen LogP contribution in [-0.2, 0) is 0 Å². The fourth-order valence-corrected chi connectivity index (χ4v) is 1.18. The summed E-state index contributed by atoms with van der Waals surface area (Å²) in [5.41, 5.74) is -1.57. The van der Waals surface area contributed by atoms with Crippen molar-refractivity contribution >= 4 is 11.7 Å². The van der Waals surface area contributed by atoms with E-state index in [9.17, 15) is 32.5 Å². The van der Waals surface area contributed by atoms with Crippen LogP contribution in [0.25, 0.3) is 0 Å². The first kappa shape index (κ1) is 15.7. The molecule has 0 fully saturated rings. The third-order valence-corrected chi connectivity index (χ3v) is 2.15. The van der Waals surface area contributed by atoms with Gasteiger partial charge in [-0.1, -0.05) is 0 Å². The fraction of sp³-hybridized carbons (Fsp3) is 0.300. The molecule has 20 heavy (non-hydrogen) atoms. The number of nitrogens with zero attached hydrogens (tertiary/aromatic N) is 1.